The number of rotatable bonds is 2. The minimum Gasteiger partial charge on any atom is -0.496 e. The summed E-state index contributed by atoms with van der Waals surface area (Å²) in [6, 6.07) is 2.94. The summed E-state index contributed by atoms with van der Waals surface area (Å²) in [5.74, 6) is 0.747. The van der Waals surface area contributed by atoms with Gasteiger partial charge in [0.15, 0.2) is 0 Å². The molecule has 0 saturated heterocycles. The SMILES string of the molecule is CC.COc1cc(-c2nnc(C)o2)c(F)cc1C. The number of halogens is 1. The van der Waals surface area contributed by atoms with Gasteiger partial charge in [-0.05, 0) is 24.6 Å². The minimum atomic E-state index is -0.401. The summed E-state index contributed by atoms with van der Waals surface area (Å²) in [7, 11) is 1.53. The molecule has 0 radical (unpaired) electrons. The van der Waals surface area contributed by atoms with Gasteiger partial charge in [0, 0.05) is 6.92 Å². The summed E-state index contributed by atoms with van der Waals surface area (Å²) in [6.45, 7) is 7.42. The van der Waals surface area contributed by atoms with Gasteiger partial charge in [0.05, 0.1) is 12.7 Å². The van der Waals surface area contributed by atoms with Crippen molar-refractivity contribution in [1.29, 1.82) is 0 Å². The van der Waals surface area contributed by atoms with Crippen LogP contribution >= 0.6 is 0 Å². The molecule has 0 spiro atoms. The summed E-state index contributed by atoms with van der Waals surface area (Å²) < 4.78 is 24.0. The second-order valence-corrected chi connectivity index (χ2v) is 3.43. The average Bonchev–Trinajstić information content (AvgIpc) is 2.78. The molecule has 98 valence electrons. The van der Waals surface area contributed by atoms with Crippen molar-refractivity contribution in [3.05, 3.63) is 29.4 Å². The fourth-order valence-corrected chi connectivity index (χ4v) is 1.44. The van der Waals surface area contributed by atoms with E-state index in [0.29, 0.717) is 11.6 Å². The monoisotopic (exact) mass is 252 g/mol. The van der Waals surface area contributed by atoms with Crippen LogP contribution in [0.2, 0.25) is 0 Å². The lowest BCUT2D eigenvalue weighted by atomic mass is 10.1. The minimum absolute atomic E-state index is 0.160. The fourth-order valence-electron chi connectivity index (χ4n) is 1.44. The van der Waals surface area contributed by atoms with Gasteiger partial charge in [-0.25, -0.2) is 4.39 Å². The number of aryl methyl sites for hydroxylation is 2. The van der Waals surface area contributed by atoms with Gasteiger partial charge < -0.3 is 9.15 Å². The second-order valence-electron chi connectivity index (χ2n) is 3.43. The molecule has 0 atom stereocenters. The maximum absolute atomic E-state index is 13.7. The molecule has 1 aromatic carbocycles. The maximum Gasteiger partial charge on any atom is 0.250 e. The van der Waals surface area contributed by atoms with Crippen LogP contribution in [0.25, 0.3) is 11.5 Å². The highest BCUT2D eigenvalue weighted by Gasteiger charge is 2.14. The highest BCUT2D eigenvalue weighted by Crippen LogP contribution is 2.28. The van der Waals surface area contributed by atoms with Crippen LogP contribution in [0.15, 0.2) is 16.5 Å². The quantitative estimate of drug-likeness (QED) is 0.820. The van der Waals surface area contributed by atoms with Gasteiger partial charge in [-0.3, -0.25) is 0 Å². The van der Waals surface area contributed by atoms with E-state index in [1.54, 1.807) is 19.9 Å². The number of hydrogen-bond acceptors (Lipinski definition) is 4. The summed E-state index contributed by atoms with van der Waals surface area (Å²) in [5, 5.41) is 7.43. The molecular formula is C13H17FN2O2. The summed E-state index contributed by atoms with van der Waals surface area (Å²) >= 11 is 0. The molecule has 0 unspecified atom stereocenters. The molecule has 0 bridgehead atoms. The van der Waals surface area contributed by atoms with Crippen LogP contribution in [0.3, 0.4) is 0 Å². The molecule has 18 heavy (non-hydrogen) atoms. The predicted molar refractivity (Wildman–Crippen MR) is 67.1 cm³/mol. The normalized spacial score (nSPS) is 9.67. The molecule has 0 fully saturated rings. The van der Waals surface area contributed by atoms with E-state index in [9.17, 15) is 4.39 Å². The Kier molecular flexibility index (Phi) is 4.83. The topological polar surface area (TPSA) is 48.2 Å². The average molecular weight is 252 g/mol. The molecule has 0 aliphatic rings. The zero-order valence-corrected chi connectivity index (χ0v) is 11.2. The van der Waals surface area contributed by atoms with Gasteiger partial charge in [0.2, 0.25) is 5.89 Å². The van der Waals surface area contributed by atoms with Crippen LogP contribution in [0.1, 0.15) is 25.3 Å². The Morgan fingerprint density at radius 2 is 1.83 bits per heavy atom. The van der Waals surface area contributed by atoms with E-state index in [0.717, 1.165) is 5.56 Å². The van der Waals surface area contributed by atoms with Crippen LogP contribution in [-0.2, 0) is 0 Å². The van der Waals surface area contributed by atoms with Gasteiger partial charge in [-0.2, -0.15) is 0 Å². The van der Waals surface area contributed by atoms with E-state index in [4.69, 9.17) is 9.15 Å². The largest absolute Gasteiger partial charge is 0.496 e. The zero-order valence-electron chi connectivity index (χ0n) is 11.2. The van der Waals surface area contributed by atoms with Gasteiger partial charge in [-0.15, -0.1) is 10.2 Å². The lowest BCUT2D eigenvalue weighted by molar-refractivity contribution is 0.410. The molecule has 0 saturated carbocycles. The van der Waals surface area contributed by atoms with E-state index in [-0.39, 0.29) is 11.5 Å². The van der Waals surface area contributed by atoms with E-state index in [2.05, 4.69) is 10.2 Å². The number of aromatic nitrogens is 2. The Morgan fingerprint density at radius 1 is 1.17 bits per heavy atom. The van der Waals surface area contributed by atoms with Crippen molar-refractivity contribution >= 4 is 0 Å². The predicted octanol–water partition coefficient (Wildman–Crippen LogP) is 3.53. The van der Waals surface area contributed by atoms with Gasteiger partial charge in [0.1, 0.15) is 11.6 Å². The molecule has 2 rings (SSSR count). The number of hydrogen-bond donors (Lipinski definition) is 0. The van der Waals surface area contributed by atoms with Gasteiger partial charge in [0.25, 0.3) is 5.89 Å². The molecule has 2 aromatic rings. The Bertz CT molecular complexity index is 524. The molecule has 0 aliphatic heterocycles. The maximum atomic E-state index is 13.7. The van der Waals surface area contributed by atoms with E-state index in [1.165, 1.54) is 13.2 Å². The van der Waals surface area contributed by atoms with Crippen molar-refractivity contribution in [3.8, 4) is 17.2 Å². The first kappa shape index (κ1) is 14.2. The number of ether oxygens (including phenoxy) is 1. The van der Waals surface area contributed by atoms with E-state index in [1.807, 2.05) is 13.8 Å². The third kappa shape index (κ3) is 2.85. The molecular weight excluding hydrogens is 235 g/mol. The van der Waals surface area contributed by atoms with Crippen LogP contribution in [-0.4, -0.2) is 17.3 Å². The van der Waals surface area contributed by atoms with Crippen molar-refractivity contribution < 1.29 is 13.5 Å². The summed E-state index contributed by atoms with van der Waals surface area (Å²) in [4.78, 5) is 0. The zero-order chi connectivity index (χ0) is 13.7. The van der Waals surface area contributed by atoms with Crippen LogP contribution < -0.4 is 4.74 Å². The molecule has 4 nitrogen and oxygen atoms in total. The van der Waals surface area contributed by atoms with Gasteiger partial charge >= 0.3 is 0 Å². The first-order valence-electron chi connectivity index (χ1n) is 5.76. The van der Waals surface area contributed by atoms with Crippen molar-refractivity contribution in [3.63, 3.8) is 0 Å². The van der Waals surface area contributed by atoms with Crippen LogP contribution in [0.4, 0.5) is 4.39 Å². The molecule has 0 amide bonds. The Labute approximate surface area is 106 Å². The third-order valence-electron chi connectivity index (χ3n) is 2.24. The Hall–Kier alpha value is -1.91. The number of benzene rings is 1. The van der Waals surface area contributed by atoms with Crippen molar-refractivity contribution in [2.75, 3.05) is 7.11 Å². The third-order valence-corrected chi connectivity index (χ3v) is 2.24. The smallest absolute Gasteiger partial charge is 0.250 e. The highest BCUT2D eigenvalue weighted by molar-refractivity contribution is 5.58. The second kappa shape index (κ2) is 6.14. The van der Waals surface area contributed by atoms with Crippen LogP contribution in [0.5, 0.6) is 5.75 Å². The molecule has 1 heterocycles. The summed E-state index contributed by atoms with van der Waals surface area (Å²) in [5.41, 5.74) is 0.975. The van der Waals surface area contributed by atoms with Crippen molar-refractivity contribution in [1.82, 2.24) is 10.2 Å². The Balaban J connectivity index is 0.000000771. The fraction of sp³-hybridized carbons (Fsp3) is 0.385. The van der Waals surface area contributed by atoms with Crippen molar-refractivity contribution in [2.45, 2.75) is 27.7 Å². The number of methoxy groups -OCH3 is 1. The number of nitrogens with zero attached hydrogens (tertiary/aromatic N) is 2. The van der Waals surface area contributed by atoms with E-state index >= 15 is 0 Å². The van der Waals surface area contributed by atoms with Crippen LogP contribution in [0, 0.1) is 19.7 Å². The highest BCUT2D eigenvalue weighted by atomic mass is 19.1. The molecule has 0 aliphatic carbocycles. The first-order valence-corrected chi connectivity index (χ1v) is 5.76. The Morgan fingerprint density at radius 3 is 2.33 bits per heavy atom. The van der Waals surface area contributed by atoms with E-state index < -0.39 is 5.82 Å². The lowest BCUT2D eigenvalue weighted by Crippen LogP contribution is -1.92. The molecule has 1 aromatic heterocycles. The molecule has 0 N–H and O–H groups in total. The van der Waals surface area contributed by atoms with Gasteiger partial charge in [-0.1, -0.05) is 13.8 Å². The summed E-state index contributed by atoms with van der Waals surface area (Å²) in [6.07, 6.45) is 0. The molecule has 5 heteroatoms. The standard InChI is InChI=1S/C11H11FN2O2.C2H6/c1-6-4-9(12)8(5-10(6)15-3)11-14-13-7(2)16-11;1-2/h4-5H,1-3H3;1-2H3. The first-order chi connectivity index (χ1) is 8.61. The van der Waals surface area contributed by atoms with Crippen molar-refractivity contribution in [2.24, 2.45) is 0 Å². The lowest BCUT2D eigenvalue weighted by Gasteiger charge is -2.06.